The van der Waals surface area contributed by atoms with Crippen molar-refractivity contribution in [1.82, 2.24) is 4.98 Å². The molecule has 1 aromatic heterocycles. The van der Waals surface area contributed by atoms with E-state index in [1.807, 2.05) is 0 Å². The lowest BCUT2D eigenvalue weighted by molar-refractivity contribution is -0.137. The molecule has 9 heteroatoms. The molecule has 0 bridgehead atoms. The minimum atomic E-state index is -4.57. The summed E-state index contributed by atoms with van der Waals surface area (Å²) in [5.74, 6) is -0.317. The first-order valence-electron chi connectivity index (χ1n) is 8.87. The van der Waals surface area contributed by atoms with E-state index in [0.29, 0.717) is 12.0 Å². The van der Waals surface area contributed by atoms with E-state index < -0.39 is 16.8 Å². The number of hydrogen-bond donors (Lipinski definition) is 1. The fraction of sp³-hybridized carbons (Fsp3) is 0.350. The van der Waals surface area contributed by atoms with Gasteiger partial charge < -0.3 is 10.1 Å². The molecule has 2 aromatic rings. The standard InChI is InChI=1S/C20H20ClF3N2O3/c1-12(2)19(28)26-18-10-13(7-8-25-18)17(27)4-3-9-29-14-5-6-16(21)15(11-14)20(22,23)24/h5-8,10-12H,3-4,9H2,1-2H3,(H,25,26,28). The number of aromatic nitrogens is 1. The number of pyridine rings is 1. The molecule has 0 aliphatic rings. The Hall–Kier alpha value is -2.61. The van der Waals surface area contributed by atoms with Crippen LogP contribution in [0.4, 0.5) is 19.0 Å². The van der Waals surface area contributed by atoms with Gasteiger partial charge in [-0.3, -0.25) is 9.59 Å². The minimum Gasteiger partial charge on any atom is -0.494 e. The van der Waals surface area contributed by atoms with Crippen LogP contribution in [0.2, 0.25) is 5.02 Å². The second-order valence-electron chi connectivity index (χ2n) is 6.59. The maximum atomic E-state index is 12.9. The van der Waals surface area contributed by atoms with Crippen molar-refractivity contribution in [2.24, 2.45) is 5.92 Å². The molecule has 0 atom stereocenters. The lowest BCUT2D eigenvalue weighted by Crippen LogP contribution is -2.18. The summed E-state index contributed by atoms with van der Waals surface area (Å²) < 4.78 is 43.9. The number of nitrogens with zero attached hydrogens (tertiary/aromatic N) is 1. The summed E-state index contributed by atoms with van der Waals surface area (Å²) in [5, 5.41) is 2.21. The highest BCUT2D eigenvalue weighted by molar-refractivity contribution is 6.31. The van der Waals surface area contributed by atoms with Gasteiger partial charge in [0.2, 0.25) is 5.91 Å². The largest absolute Gasteiger partial charge is 0.494 e. The van der Waals surface area contributed by atoms with Crippen LogP contribution in [0.25, 0.3) is 0 Å². The second kappa shape index (κ2) is 9.73. The van der Waals surface area contributed by atoms with Crippen LogP contribution < -0.4 is 10.1 Å². The molecule has 0 saturated heterocycles. The number of anilines is 1. The van der Waals surface area contributed by atoms with E-state index in [1.54, 1.807) is 13.8 Å². The van der Waals surface area contributed by atoms with E-state index in [4.69, 9.17) is 16.3 Å². The highest BCUT2D eigenvalue weighted by Crippen LogP contribution is 2.36. The topological polar surface area (TPSA) is 68.3 Å². The third-order valence-corrected chi connectivity index (χ3v) is 4.25. The van der Waals surface area contributed by atoms with Crippen molar-refractivity contribution in [2.45, 2.75) is 32.9 Å². The highest BCUT2D eigenvalue weighted by Gasteiger charge is 2.33. The Morgan fingerprint density at radius 3 is 2.59 bits per heavy atom. The Bertz CT molecular complexity index is 886. The first-order valence-corrected chi connectivity index (χ1v) is 9.25. The zero-order valence-electron chi connectivity index (χ0n) is 15.8. The van der Waals surface area contributed by atoms with Gasteiger partial charge in [-0.05, 0) is 36.8 Å². The second-order valence-corrected chi connectivity index (χ2v) is 7.00. The highest BCUT2D eigenvalue weighted by atomic mass is 35.5. The van der Waals surface area contributed by atoms with Crippen LogP contribution in [0.15, 0.2) is 36.5 Å². The molecule has 1 amide bonds. The molecule has 0 saturated carbocycles. The zero-order chi connectivity index (χ0) is 21.6. The molecule has 5 nitrogen and oxygen atoms in total. The van der Waals surface area contributed by atoms with Gasteiger partial charge in [-0.2, -0.15) is 13.2 Å². The predicted molar refractivity (Wildman–Crippen MR) is 103 cm³/mol. The van der Waals surface area contributed by atoms with Crippen molar-refractivity contribution in [3.05, 3.63) is 52.7 Å². The summed E-state index contributed by atoms with van der Waals surface area (Å²) in [6.45, 7) is 3.54. The van der Waals surface area contributed by atoms with Crippen LogP contribution in [0, 0.1) is 5.92 Å². The van der Waals surface area contributed by atoms with E-state index in [-0.39, 0.29) is 42.2 Å². The molecule has 29 heavy (non-hydrogen) atoms. The first kappa shape index (κ1) is 22.7. The Morgan fingerprint density at radius 1 is 1.21 bits per heavy atom. The summed E-state index contributed by atoms with van der Waals surface area (Å²) in [4.78, 5) is 28.0. The van der Waals surface area contributed by atoms with Gasteiger partial charge in [-0.1, -0.05) is 25.4 Å². The Kier molecular flexibility index (Phi) is 7.61. The number of halogens is 4. The average molecular weight is 429 g/mol. The molecule has 0 aliphatic heterocycles. The van der Waals surface area contributed by atoms with Crippen LogP contribution in [0.3, 0.4) is 0 Å². The molecule has 0 spiro atoms. The number of benzene rings is 1. The maximum Gasteiger partial charge on any atom is 0.417 e. The van der Waals surface area contributed by atoms with Gasteiger partial charge in [0, 0.05) is 24.1 Å². The number of ketones is 1. The number of rotatable bonds is 8. The zero-order valence-corrected chi connectivity index (χ0v) is 16.6. The van der Waals surface area contributed by atoms with E-state index in [2.05, 4.69) is 10.3 Å². The molecule has 1 heterocycles. The molecule has 0 radical (unpaired) electrons. The van der Waals surface area contributed by atoms with Gasteiger partial charge >= 0.3 is 6.18 Å². The van der Waals surface area contributed by atoms with E-state index in [9.17, 15) is 22.8 Å². The molecule has 156 valence electrons. The number of carbonyl (C=O) groups is 2. The number of Topliss-reactive ketones (excluding diaryl/α,β-unsaturated/α-hetero) is 1. The van der Waals surface area contributed by atoms with E-state index in [0.717, 1.165) is 12.1 Å². The fourth-order valence-corrected chi connectivity index (χ4v) is 2.55. The summed E-state index contributed by atoms with van der Waals surface area (Å²) >= 11 is 5.56. The SMILES string of the molecule is CC(C)C(=O)Nc1cc(C(=O)CCCOc2ccc(Cl)c(C(F)(F)F)c2)ccn1. The predicted octanol–water partition coefficient (Wildman–Crippen LogP) is 5.39. The number of carbonyl (C=O) groups excluding carboxylic acids is 2. The third-order valence-electron chi connectivity index (χ3n) is 3.92. The van der Waals surface area contributed by atoms with Crippen molar-refractivity contribution in [1.29, 1.82) is 0 Å². The number of amides is 1. The van der Waals surface area contributed by atoms with Gasteiger partial charge in [0.1, 0.15) is 11.6 Å². The fourth-order valence-electron chi connectivity index (χ4n) is 2.32. The van der Waals surface area contributed by atoms with E-state index in [1.165, 1.54) is 24.4 Å². The first-order chi connectivity index (χ1) is 13.6. The van der Waals surface area contributed by atoms with Gasteiger partial charge in [0.15, 0.2) is 5.78 Å². The molecule has 1 N–H and O–H groups in total. The molecular formula is C20H20ClF3N2O3. The van der Waals surface area contributed by atoms with Crippen molar-refractivity contribution >= 4 is 29.1 Å². The lowest BCUT2D eigenvalue weighted by Gasteiger charge is -2.12. The van der Waals surface area contributed by atoms with Gasteiger partial charge in [0.05, 0.1) is 17.2 Å². The Balaban J connectivity index is 1.88. The lowest BCUT2D eigenvalue weighted by atomic mass is 10.1. The molecule has 0 unspecified atom stereocenters. The van der Waals surface area contributed by atoms with E-state index >= 15 is 0 Å². The number of hydrogen-bond acceptors (Lipinski definition) is 4. The number of alkyl halides is 3. The van der Waals surface area contributed by atoms with Gasteiger partial charge in [-0.15, -0.1) is 0 Å². The molecule has 2 rings (SSSR count). The molecular weight excluding hydrogens is 409 g/mol. The molecule has 0 aliphatic carbocycles. The van der Waals surface area contributed by atoms with Crippen LogP contribution >= 0.6 is 11.6 Å². The summed E-state index contributed by atoms with van der Waals surface area (Å²) in [6, 6.07) is 6.30. The normalized spacial score (nSPS) is 11.4. The maximum absolute atomic E-state index is 12.9. The van der Waals surface area contributed by atoms with Crippen molar-refractivity contribution in [2.75, 3.05) is 11.9 Å². The molecule has 1 aromatic carbocycles. The van der Waals surface area contributed by atoms with Crippen LogP contribution in [0.1, 0.15) is 42.6 Å². The van der Waals surface area contributed by atoms with Crippen molar-refractivity contribution < 1.29 is 27.5 Å². The monoisotopic (exact) mass is 428 g/mol. The van der Waals surface area contributed by atoms with Gasteiger partial charge in [0.25, 0.3) is 0 Å². The number of nitrogens with one attached hydrogen (secondary N) is 1. The Morgan fingerprint density at radius 2 is 1.93 bits per heavy atom. The Labute approximate surface area is 171 Å². The van der Waals surface area contributed by atoms with Gasteiger partial charge in [-0.25, -0.2) is 4.98 Å². The average Bonchev–Trinajstić information content (AvgIpc) is 2.65. The van der Waals surface area contributed by atoms with Crippen molar-refractivity contribution in [3.8, 4) is 5.75 Å². The van der Waals surface area contributed by atoms with Crippen LogP contribution in [0.5, 0.6) is 5.75 Å². The van der Waals surface area contributed by atoms with Crippen LogP contribution in [-0.4, -0.2) is 23.3 Å². The van der Waals surface area contributed by atoms with Crippen LogP contribution in [-0.2, 0) is 11.0 Å². The minimum absolute atomic E-state index is 0.0248. The quantitative estimate of drug-likeness (QED) is 0.452. The summed E-state index contributed by atoms with van der Waals surface area (Å²) in [5.41, 5.74) is -0.592. The third kappa shape index (κ3) is 6.74. The summed E-state index contributed by atoms with van der Waals surface area (Å²) in [7, 11) is 0. The molecule has 0 fully saturated rings. The summed E-state index contributed by atoms with van der Waals surface area (Å²) in [6.07, 6.45) is -2.72. The smallest absolute Gasteiger partial charge is 0.417 e. The van der Waals surface area contributed by atoms with Crippen molar-refractivity contribution in [3.63, 3.8) is 0 Å². The number of ether oxygens (including phenoxy) is 1.